The van der Waals surface area contributed by atoms with Crippen LogP contribution in [0.4, 0.5) is 5.82 Å². The Labute approximate surface area is 118 Å². The maximum Gasteiger partial charge on any atom is 0.309 e. The van der Waals surface area contributed by atoms with Crippen molar-refractivity contribution in [1.82, 2.24) is 9.78 Å². The predicted molar refractivity (Wildman–Crippen MR) is 74.3 cm³/mol. The van der Waals surface area contributed by atoms with Crippen molar-refractivity contribution in [2.24, 2.45) is 5.92 Å². The van der Waals surface area contributed by atoms with Gasteiger partial charge in [-0.15, -0.1) is 0 Å². The summed E-state index contributed by atoms with van der Waals surface area (Å²) in [6.07, 6.45) is 1.05. The monoisotopic (exact) mass is 279 g/mol. The van der Waals surface area contributed by atoms with E-state index in [9.17, 15) is 9.59 Å². The number of fused-ring (bicyclic) bond motifs is 1. The van der Waals surface area contributed by atoms with Crippen LogP contribution in [0.5, 0.6) is 0 Å². The van der Waals surface area contributed by atoms with Gasteiger partial charge >= 0.3 is 5.97 Å². The number of hydrogen-bond acceptors (Lipinski definition) is 4. The number of carbonyl (C=O) groups is 2. The van der Waals surface area contributed by atoms with Gasteiger partial charge in [-0.25, -0.2) is 4.68 Å². The van der Waals surface area contributed by atoms with Crippen LogP contribution in [0.3, 0.4) is 0 Å². The molecule has 1 atom stereocenters. The van der Waals surface area contributed by atoms with Crippen molar-refractivity contribution in [1.29, 1.82) is 0 Å². The molecule has 1 unspecified atom stereocenters. The smallest absolute Gasteiger partial charge is 0.309 e. The Hall–Kier alpha value is -1.85. The molecule has 0 N–H and O–H groups in total. The fourth-order valence-corrected chi connectivity index (χ4v) is 2.40. The van der Waals surface area contributed by atoms with Crippen LogP contribution in [0, 0.1) is 12.8 Å². The summed E-state index contributed by atoms with van der Waals surface area (Å²) in [5, 5.41) is 4.36. The summed E-state index contributed by atoms with van der Waals surface area (Å²) in [6.45, 7) is 7.25. The highest BCUT2D eigenvalue weighted by Crippen LogP contribution is 2.23. The molecule has 6 nitrogen and oxygen atoms in total. The first-order valence-corrected chi connectivity index (χ1v) is 7.04. The molecule has 110 valence electrons. The van der Waals surface area contributed by atoms with Crippen molar-refractivity contribution in [2.75, 3.05) is 18.1 Å². The van der Waals surface area contributed by atoms with Crippen molar-refractivity contribution in [3.8, 4) is 0 Å². The number of aryl methyl sites for hydroxylation is 2. The lowest BCUT2D eigenvalue weighted by molar-refractivity contribution is -0.148. The summed E-state index contributed by atoms with van der Waals surface area (Å²) in [6, 6.07) is 1.91. The molecule has 1 aliphatic heterocycles. The fraction of sp³-hybridized carbons (Fsp3) is 0.643. The third-order valence-electron chi connectivity index (χ3n) is 3.38. The maximum atomic E-state index is 12.4. The third-order valence-corrected chi connectivity index (χ3v) is 3.38. The van der Waals surface area contributed by atoms with Crippen molar-refractivity contribution in [2.45, 2.75) is 40.2 Å². The highest BCUT2D eigenvalue weighted by atomic mass is 16.5. The number of hydrogen-bond donors (Lipinski definition) is 0. The largest absolute Gasteiger partial charge is 0.466 e. The Morgan fingerprint density at radius 3 is 2.90 bits per heavy atom. The molecule has 1 aliphatic rings. The van der Waals surface area contributed by atoms with Crippen LogP contribution in [-0.4, -0.2) is 34.8 Å². The normalized spacial score (nSPS) is 15.7. The summed E-state index contributed by atoms with van der Waals surface area (Å²) in [5.74, 6) is 0.0469. The fourth-order valence-electron chi connectivity index (χ4n) is 2.40. The molecule has 1 amide bonds. The molecule has 0 saturated carbocycles. The maximum absolute atomic E-state index is 12.4. The van der Waals surface area contributed by atoms with E-state index in [1.54, 1.807) is 18.7 Å². The third kappa shape index (κ3) is 3.00. The SMILES string of the molecule is CCOC(=O)C(C)CC(=O)N1CCCn2nc(C)cc21. The second kappa shape index (κ2) is 6.07. The van der Waals surface area contributed by atoms with Gasteiger partial charge in [0.05, 0.1) is 18.2 Å². The van der Waals surface area contributed by atoms with E-state index in [1.165, 1.54) is 0 Å². The topological polar surface area (TPSA) is 64.4 Å². The average molecular weight is 279 g/mol. The molecule has 0 saturated heterocycles. The van der Waals surface area contributed by atoms with Gasteiger partial charge < -0.3 is 4.74 Å². The summed E-state index contributed by atoms with van der Waals surface area (Å²) in [4.78, 5) is 25.7. The van der Waals surface area contributed by atoms with Crippen LogP contribution >= 0.6 is 0 Å². The van der Waals surface area contributed by atoms with E-state index in [0.717, 1.165) is 24.5 Å². The lowest BCUT2D eigenvalue weighted by atomic mass is 10.1. The average Bonchev–Trinajstić information content (AvgIpc) is 2.78. The first kappa shape index (κ1) is 14.6. The molecular formula is C14H21N3O3. The summed E-state index contributed by atoms with van der Waals surface area (Å²) in [5.41, 5.74) is 0.901. The Morgan fingerprint density at radius 1 is 1.45 bits per heavy atom. The zero-order chi connectivity index (χ0) is 14.7. The molecule has 0 bridgehead atoms. The molecule has 0 spiro atoms. The molecule has 2 rings (SSSR count). The minimum absolute atomic E-state index is 0.0496. The van der Waals surface area contributed by atoms with E-state index in [2.05, 4.69) is 5.10 Å². The van der Waals surface area contributed by atoms with Crippen LogP contribution < -0.4 is 4.90 Å². The molecule has 0 aromatic carbocycles. The summed E-state index contributed by atoms with van der Waals surface area (Å²) < 4.78 is 6.79. The zero-order valence-corrected chi connectivity index (χ0v) is 12.3. The Balaban J connectivity index is 2.05. The van der Waals surface area contributed by atoms with Gasteiger partial charge in [-0.3, -0.25) is 14.5 Å². The lowest BCUT2D eigenvalue weighted by Gasteiger charge is -2.28. The van der Waals surface area contributed by atoms with Crippen LogP contribution in [0.15, 0.2) is 6.07 Å². The molecule has 0 fully saturated rings. The predicted octanol–water partition coefficient (Wildman–Crippen LogP) is 1.52. The first-order valence-electron chi connectivity index (χ1n) is 7.04. The molecule has 6 heteroatoms. The molecule has 0 aliphatic carbocycles. The Morgan fingerprint density at radius 2 is 2.20 bits per heavy atom. The molecule has 0 radical (unpaired) electrons. The molecule has 20 heavy (non-hydrogen) atoms. The number of nitrogens with zero attached hydrogens (tertiary/aromatic N) is 3. The minimum Gasteiger partial charge on any atom is -0.466 e. The number of ether oxygens (including phenoxy) is 1. The van der Waals surface area contributed by atoms with Crippen molar-refractivity contribution in [3.05, 3.63) is 11.8 Å². The number of carbonyl (C=O) groups excluding carboxylic acids is 2. The Kier molecular flexibility index (Phi) is 4.42. The van der Waals surface area contributed by atoms with Gasteiger partial charge in [-0.1, -0.05) is 6.92 Å². The second-order valence-corrected chi connectivity index (χ2v) is 5.12. The van der Waals surface area contributed by atoms with Crippen LogP contribution in [0.2, 0.25) is 0 Å². The van der Waals surface area contributed by atoms with Gasteiger partial charge in [0.15, 0.2) is 0 Å². The summed E-state index contributed by atoms with van der Waals surface area (Å²) in [7, 11) is 0. The highest BCUT2D eigenvalue weighted by Gasteiger charge is 2.27. The van der Waals surface area contributed by atoms with Gasteiger partial charge in [0.25, 0.3) is 0 Å². The van der Waals surface area contributed by atoms with Gasteiger partial charge in [0.1, 0.15) is 5.82 Å². The minimum atomic E-state index is -0.415. The second-order valence-electron chi connectivity index (χ2n) is 5.12. The van der Waals surface area contributed by atoms with Gasteiger partial charge in [-0.2, -0.15) is 5.10 Å². The van der Waals surface area contributed by atoms with Crippen molar-refractivity contribution < 1.29 is 14.3 Å². The first-order chi connectivity index (χ1) is 9.52. The Bertz CT molecular complexity index is 510. The van der Waals surface area contributed by atoms with Crippen LogP contribution in [0.25, 0.3) is 0 Å². The number of aromatic nitrogens is 2. The van der Waals surface area contributed by atoms with E-state index in [0.29, 0.717) is 13.2 Å². The quantitative estimate of drug-likeness (QED) is 0.784. The van der Waals surface area contributed by atoms with Crippen LogP contribution in [-0.2, 0) is 20.9 Å². The standard InChI is InChI=1S/C14H21N3O3/c1-4-20-14(19)10(2)8-13(18)16-6-5-7-17-12(16)9-11(3)15-17/h9-10H,4-8H2,1-3H3. The van der Waals surface area contributed by atoms with E-state index in [-0.39, 0.29) is 18.3 Å². The van der Waals surface area contributed by atoms with Crippen molar-refractivity contribution in [3.63, 3.8) is 0 Å². The van der Waals surface area contributed by atoms with E-state index in [4.69, 9.17) is 4.74 Å². The number of esters is 1. The van der Waals surface area contributed by atoms with Gasteiger partial charge in [0, 0.05) is 25.6 Å². The van der Waals surface area contributed by atoms with E-state index < -0.39 is 5.92 Å². The van der Waals surface area contributed by atoms with E-state index >= 15 is 0 Å². The van der Waals surface area contributed by atoms with Crippen molar-refractivity contribution >= 4 is 17.7 Å². The van der Waals surface area contributed by atoms with Gasteiger partial charge in [0.2, 0.25) is 5.91 Å². The number of rotatable bonds is 4. The highest BCUT2D eigenvalue weighted by molar-refractivity contribution is 5.95. The molecule has 2 heterocycles. The molecule has 1 aromatic heterocycles. The van der Waals surface area contributed by atoms with E-state index in [1.807, 2.05) is 17.7 Å². The van der Waals surface area contributed by atoms with Crippen LogP contribution in [0.1, 0.15) is 32.4 Å². The lowest BCUT2D eigenvalue weighted by Crippen LogP contribution is -2.39. The zero-order valence-electron chi connectivity index (χ0n) is 12.3. The number of amides is 1. The molecule has 1 aromatic rings. The molecular weight excluding hydrogens is 258 g/mol. The summed E-state index contributed by atoms with van der Waals surface area (Å²) >= 11 is 0. The van der Waals surface area contributed by atoms with Gasteiger partial charge in [-0.05, 0) is 20.3 Å². The number of anilines is 1.